The van der Waals surface area contributed by atoms with Gasteiger partial charge in [0.15, 0.2) is 0 Å². The van der Waals surface area contributed by atoms with Crippen molar-refractivity contribution < 1.29 is 5.58 Å². The van der Waals surface area contributed by atoms with E-state index in [4.69, 9.17) is 1.37 Å². The van der Waals surface area contributed by atoms with Crippen LogP contribution in [0.4, 0.5) is 0 Å². The summed E-state index contributed by atoms with van der Waals surface area (Å²) >= 11 is 1.45. The molecule has 72 valence electrons. The summed E-state index contributed by atoms with van der Waals surface area (Å²) in [6, 6.07) is 0. The number of rotatable bonds is 3. The Hall–Kier alpha value is 0.500. The molecule has 1 saturated carbocycles. The van der Waals surface area contributed by atoms with E-state index in [1.165, 1.54) is 31.0 Å². The first-order valence-corrected chi connectivity index (χ1v) is 7.28. The maximum atomic E-state index is 11.5. The predicted octanol–water partition coefficient (Wildman–Crippen LogP) is 2.63. The van der Waals surface area contributed by atoms with E-state index < -0.39 is 15.4 Å². The summed E-state index contributed by atoms with van der Waals surface area (Å²) in [6.07, 6.45) is 9.46. The van der Waals surface area contributed by atoms with Crippen molar-refractivity contribution in [1.82, 2.24) is 0 Å². The van der Waals surface area contributed by atoms with Crippen LogP contribution in [0, 0.1) is 5.92 Å². The Bertz CT molecular complexity index is 192. The van der Waals surface area contributed by atoms with Gasteiger partial charge >= 0.3 is 0 Å². The van der Waals surface area contributed by atoms with Crippen molar-refractivity contribution in [1.29, 1.82) is 0 Å². The van der Waals surface area contributed by atoms with Crippen LogP contribution in [-0.2, 0) is 10.8 Å². The predicted molar refractivity (Wildman–Crippen MR) is 57.9 cm³/mol. The Balaban J connectivity index is 2.68. The van der Waals surface area contributed by atoms with Crippen molar-refractivity contribution in [2.24, 2.45) is 5.92 Å². The number of thioether (sulfide) groups is 1. The highest BCUT2D eigenvalue weighted by molar-refractivity contribution is 8.10. The van der Waals surface area contributed by atoms with Crippen LogP contribution in [0.2, 0.25) is 0 Å². The summed E-state index contributed by atoms with van der Waals surface area (Å²) in [5, 5.41) is 0. The van der Waals surface area contributed by atoms with E-state index in [1.54, 1.807) is 6.26 Å². The van der Waals surface area contributed by atoms with Crippen molar-refractivity contribution in [3.63, 3.8) is 0 Å². The van der Waals surface area contributed by atoms with Crippen molar-refractivity contribution in [3.05, 3.63) is 0 Å². The molecule has 0 spiro atoms. The molecule has 12 heavy (non-hydrogen) atoms. The van der Waals surface area contributed by atoms with Gasteiger partial charge < -0.3 is 0 Å². The topological polar surface area (TPSA) is 17.1 Å². The highest BCUT2D eigenvalue weighted by Gasteiger charge is 2.25. The molecular formula is C9H18OS2. The Labute approximate surface area is 83.6 Å². The molecule has 1 nitrogen and oxygen atoms in total. The summed E-state index contributed by atoms with van der Waals surface area (Å²) in [5.74, 6) is 0.335. The molecule has 0 heterocycles. The average molecular weight is 207 g/mol. The van der Waals surface area contributed by atoms with E-state index in [0.717, 1.165) is 12.8 Å². The van der Waals surface area contributed by atoms with Gasteiger partial charge in [-0.05, 0) is 25.0 Å². The zero-order valence-corrected chi connectivity index (χ0v) is 9.47. The largest absolute Gasteiger partial charge is 0.259 e. The van der Waals surface area contributed by atoms with Gasteiger partial charge in [-0.15, -0.1) is 11.8 Å². The third-order valence-electron chi connectivity index (χ3n) is 2.42. The fourth-order valence-corrected chi connectivity index (χ4v) is 4.07. The third-order valence-corrected chi connectivity index (χ3v) is 5.26. The molecule has 1 rings (SSSR count). The molecule has 0 saturated heterocycles. The first-order chi connectivity index (χ1) is 6.11. The fraction of sp³-hybridized carbons (Fsp3) is 1.00. The van der Waals surface area contributed by atoms with Gasteiger partial charge in [-0.1, -0.05) is 19.3 Å². The van der Waals surface area contributed by atoms with E-state index >= 15 is 0 Å². The van der Waals surface area contributed by atoms with Crippen LogP contribution in [0.3, 0.4) is 0 Å². The van der Waals surface area contributed by atoms with Crippen LogP contribution in [-0.4, -0.2) is 21.3 Å². The maximum Gasteiger partial charge on any atom is 0.0823 e. The molecule has 0 aliphatic heterocycles. The summed E-state index contributed by atoms with van der Waals surface area (Å²) in [5.41, 5.74) is 0. The number of hydrogen-bond acceptors (Lipinski definition) is 2. The van der Waals surface area contributed by atoms with Crippen LogP contribution in [0.5, 0.6) is 0 Å². The molecule has 0 radical (unpaired) electrons. The molecule has 1 fully saturated rings. The SMILES string of the molecule is [2H]C(SC)(C1CCCCC1)S(C)=O. The molecule has 0 amide bonds. The number of hydrogen-bond donors (Lipinski definition) is 0. The Kier molecular flexibility index (Phi) is 3.99. The van der Waals surface area contributed by atoms with Crippen molar-refractivity contribution >= 4 is 22.6 Å². The molecule has 2 unspecified atom stereocenters. The quantitative estimate of drug-likeness (QED) is 0.707. The van der Waals surface area contributed by atoms with Crippen molar-refractivity contribution in [3.8, 4) is 0 Å². The average Bonchev–Trinajstić information content (AvgIpc) is 2.17. The standard InChI is InChI=1S/C9H18OS2/c1-11-9(12(2)10)8-6-4-3-5-7-8/h8-9H,3-7H2,1-2H3/i9D. The molecule has 1 aliphatic carbocycles. The summed E-state index contributed by atoms with van der Waals surface area (Å²) in [4.78, 5) is 0. The second kappa shape index (κ2) is 5.28. The molecule has 0 N–H and O–H groups in total. The molecule has 0 aromatic rings. The van der Waals surface area contributed by atoms with Gasteiger partial charge in [0.25, 0.3) is 0 Å². The lowest BCUT2D eigenvalue weighted by atomic mass is 9.91. The van der Waals surface area contributed by atoms with E-state index in [0.29, 0.717) is 5.92 Å². The molecule has 3 heteroatoms. The van der Waals surface area contributed by atoms with Crippen LogP contribution < -0.4 is 0 Å². The minimum Gasteiger partial charge on any atom is -0.259 e. The minimum atomic E-state index is -1.04. The van der Waals surface area contributed by atoms with Gasteiger partial charge in [0.2, 0.25) is 0 Å². The molecule has 1 aliphatic rings. The Morgan fingerprint density at radius 3 is 2.50 bits per heavy atom. The van der Waals surface area contributed by atoms with Gasteiger partial charge in [0.1, 0.15) is 0 Å². The third kappa shape index (κ3) is 2.77. The Morgan fingerprint density at radius 2 is 2.08 bits per heavy atom. The smallest absolute Gasteiger partial charge is 0.0823 e. The summed E-state index contributed by atoms with van der Waals surface area (Å²) in [6.45, 7) is 0. The van der Waals surface area contributed by atoms with Crippen LogP contribution in [0.1, 0.15) is 33.5 Å². The highest BCUT2D eigenvalue weighted by Crippen LogP contribution is 2.32. The van der Waals surface area contributed by atoms with Crippen LogP contribution in [0.25, 0.3) is 0 Å². The molecule has 2 atom stereocenters. The van der Waals surface area contributed by atoms with Crippen molar-refractivity contribution in [2.45, 2.75) is 36.7 Å². The van der Waals surface area contributed by atoms with E-state index in [-0.39, 0.29) is 0 Å². The van der Waals surface area contributed by atoms with Gasteiger partial charge in [-0.25, -0.2) is 0 Å². The normalized spacial score (nSPS) is 29.0. The van der Waals surface area contributed by atoms with Gasteiger partial charge in [-0.3, -0.25) is 4.21 Å². The fourth-order valence-electron chi connectivity index (χ4n) is 1.86. The van der Waals surface area contributed by atoms with Gasteiger partial charge in [0, 0.05) is 17.1 Å². The van der Waals surface area contributed by atoms with Crippen LogP contribution in [0.15, 0.2) is 0 Å². The second-order valence-electron chi connectivity index (χ2n) is 3.31. The summed E-state index contributed by atoms with van der Waals surface area (Å²) in [7, 11) is -1.04. The molecular weight excluding hydrogens is 188 g/mol. The van der Waals surface area contributed by atoms with Crippen molar-refractivity contribution in [2.75, 3.05) is 12.5 Å². The Morgan fingerprint density at radius 1 is 1.50 bits per heavy atom. The summed E-state index contributed by atoms with van der Waals surface area (Å²) < 4.78 is 18.9. The molecule has 0 bridgehead atoms. The lowest BCUT2D eigenvalue weighted by molar-refractivity contribution is 0.378. The van der Waals surface area contributed by atoms with E-state index in [2.05, 4.69) is 0 Å². The zero-order valence-electron chi connectivity index (χ0n) is 8.84. The lowest BCUT2D eigenvalue weighted by Gasteiger charge is -2.27. The molecule has 0 aromatic carbocycles. The second-order valence-corrected chi connectivity index (χ2v) is 5.77. The van der Waals surface area contributed by atoms with Gasteiger partial charge in [-0.2, -0.15) is 0 Å². The zero-order chi connectivity index (χ0) is 9.90. The molecule has 0 aromatic heterocycles. The first kappa shape index (κ1) is 9.07. The maximum absolute atomic E-state index is 11.5. The highest BCUT2D eigenvalue weighted by atomic mass is 32.2. The van der Waals surface area contributed by atoms with E-state index in [9.17, 15) is 4.21 Å². The van der Waals surface area contributed by atoms with Gasteiger partial charge in [0.05, 0.1) is 5.93 Å². The first-order valence-electron chi connectivity index (χ1n) is 5.00. The lowest BCUT2D eigenvalue weighted by Crippen LogP contribution is -2.23. The monoisotopic (exact) mass is 207 g/mol. The van der Waals surface area contributed by atoms with Crippen LogP contribution >= 0.6 is 11.8 Å². The minimum absolute atomic E-state index is 0.335. The van der Waals surface area contributed by atoms with E-state index in [1.807, 2.05) is 6.26 Å².